The van der Waals surface area contributed by atoms with E-state index in [4.69, 9.17) is 4.74 Å². The van der Waals surface area contributed by atoms with Crippen molar-refractivity contribution in [2.45, 2.75) is 36.7 Å². The second-order valence-corrected chi connectivity index (χ2v) is 7.27. The molecule has 0 bridgehead atoms. The molecule has 1 aromatic carbocycles. The van der Waals surface area contributed by atoms with Gasteiger partial charge in [-0.25, -0.2) is 13.4 Å². The molecule has 0 aliphatic carbocycles. The number of nitrogens with one attached hydrogen (secondary N) is 1. The van der Waals surface area contributed by atoms with Crippen molar-refractivity contribution in [3.05, 3.63) is 24.0 Å². The Balaban J connectivity index is 1.86. The van der Waals surface area contributed by atoms with Gasteiger partial charge in [-0.15, -0.1) is 0 Å². The number of H-pyrrole nitrogens is 1. The Morgan fingerprint density at radius 2 is 2.30 bits per heavy atom. The average Bonchev–Trinajstić information content (AvgIpc) is 3.03. The fourth-order valence-corrected chi connectivity index (χ4v) is 3.48. The van der Waals surface area contributed by atoms with Gasteiger partial charge in [-0.2, -0.15) is 0 Å². The normalized spacial score (nSPS) is 19.8. The summed E-state index contributed by atoms with van der Waals surface area (Å²) in [5.41, 5.74) is 1.31. The van der Waals surface area contributed by atoms with Gasteiger partial charge in [0.2, 0.25) is 0 Å². The Labute approximate surface area is 118 Å². The van der Waals surface area contributed by atoms with Crippen LogP contribution in [0.15, 0.2) is 23.1 Å². The van der Waals surface area contributed by atoms with Gasteiger partial charge in [-0.05, 0) is 31.4 Å². The van der Waals surface area contributed by atoms with Crippen LogP contribution in [0.1, 0.15) is 25.1 Å². The Hall–Kier alpha value is -1.40. The van der Waals surface area contributed by atoms with Gasteiger partial charge in [0.1, 0.15) is 11.3 Å². The summed E-state index contributed by atoms with van der Waals surface area (Å²) >= 11 is 0. The lowest BCUT2D eigenvalue weighted by Crippen LogP contribution is -2.06. The number of hydrogen-bond donors (Lipinski definition) is 1. The first-order valence-corrected chi connectivity index (χ1v) is 8.72. The van der Waals surface area contributed by atoms with E-state index in [1.165, 1.54) is 6.26 Å². The first-order chi connectivity index (χ1) is 9.54. The van der Waals surface area contributed by atoms with Crippen LogP contribution in [0, 0.1) is 0 Å². The van der Waals surface area contributed by atoms with Crippen LogP contribution in [0.3, 0.4) is 0 Å². The minimum absolute atomic E-state index is 0.287. The summed E-state index contributed by atoms with van der Waals surface area (Å²) in [5.74, 6) is 0.826. The van der Waals surface area contributed by atoms with Crippen molar-refractivity contribution >= 4 is 20.9 Å². The number of hydrogen-bond acceptors (Lipinski definition) is 4. The Morgan fingerprint density at radius 3 is 3.00 bits per heavy atom. The quantitative estimate of drug-likeness (QED) is 0.937. The number of rotatable bonds is 4. The highest BCUT2D eigenvalue weighted by Crippen LogP contribution is 2.22. The Bertz CT molecular complexity index is 715. The maximum Gasteiger partial charge on any atom is 0.177 e. The van der Waals surface area contributed by atoms with E-state index >= 15 is 0 Å². The van der Waals surface area contributed by atoms with E-state index in [0.717, 1.165) is 43.6 Å². The van der Waals surface area contributed by atoms with E-state index < -0.39 is 9.84 Å². The number of para-hydroxylation sites is 1. The van der Waals surface area contributed by atoms with E-state index in [-0.39, 0.29) is 4.90 Å². The molecule has 1 N–H and O–H groups in total. The minimum Gasteiger partial charge on any atom is -0.378 e. The van der Waals surface area contributed by atoms with Crippen LogP contribution < -0.4 is 0 Å². The van der Waals surface area contributed by atoms with E-state index in [9.17, 15) is 8.42 Å². The second kappa shape index (κ2) is 5.18. The molecule has 1 aliphatic rings. The van der Waals surface area contributed by atoms with E-state index in [0.29, 0.717) is 11.6 Å². The molecule has 5 nitrogen and oxygen atoms in total. The highest BCUT2D eigenvalue weighted by atomic mass is 32.2. The van der Waals surface area contributed by atoms with Crippen molar-refractivity contribution in [1.82, 2.24) is 9.97 Å². The molecule has 1 aliphatic heterocycles. The van der Waals surface area contributed by atoms with Crippen LogP contribution in [-0.4, -0.2) is 37.4 Å². The molecular formula is C14H18N2O3S. The number of aryl methyl sites for hydroxylation is 1. The molecule has 1 aromatic heterocycles. The zero-order chi connectivity index (χ0) is 14.2. The first kappa shape index (κ1) is 13.6. The fraction of sp³-hybridized carbons (Fsp3) is 0.500. The van der Waals surface area contributed by atoms with Gasteiger partial charge in [-0.1, -0.05) is 6.07 Å². The molecule has 6 heteroatoms. The third kappa shape index (κ3) is 2.71. The van der Waals surface area contributed by atoms with Gasteiger partial charge in [0.15, 0.2) is 9.84 Å². The van der Waals surface area contributed by atoms with Crippen molar-refractivity contribution in [3.8, 4) is 0 Å². The van der Waals surface area contributed by atoms with E-state index in [2.05, 4.69) is 9.97 Å². The molecule has 0 amide bonds. The molecular weight excluding hydrogens is 276 g/mol. The minimum atomic E-state index is -3.25. The molecule has 1 unspecified atom stereocenters. The van der Waals surface area contributed by atoms with Gasteiger partial charge in [0.05, 0.1) is 16.5 Å². The number of sulfone groups is 1. The summed E-state index contributed by atoms with van der Waals surface area (Å²) in [6.07, 6.45) is 5.47. The average molecular weight is 294 g/mol. The topological polar surface area (TPSA) is 72.0 Å². The summed E-state index contributed by atoms with van der Waals surface area (Å²) in [7, 11) is -3.25. The number of imidazole rings is 1. The molecule has 3 rings (SSSR count). The monoisotopic (exact) mass is 294 g/mol. The highest BCUT2D eigenvalue weighted by Gasteiger charge is 2.18. The van der Waals surface area contributed by atoms with Crippen LogP contribution in [0.4, 0.5) is 0 Å². The van der Waals surface area contributed by atoms with Crippen molar-refractivity contribution in [1.29, 1.82) is 0 Å². The third-order valence-electron chi connectivity index (χ3n) is 3.65. The van der Waals surface area contributed by atoms with Crippen LogP contribution >= 0.6 is 0 Å². The molecule has 1 fully saturated rings. The number of benzene rings is 1. The van der Waals surface area contributed by atoms with Crippen LogP contribution in [0.2, 0.25) is 0 Å². The maximum absolute atomic E-state index is 11.7. The van der Waals surface area contributed by atoms with E-state index in [1.807, 2.05) is 6.07 Å². The number of nitrogens with zero attached hydrogens (tertiary/aromatic N) is 1. The summed E-state index contributed by atoms with van der Waals surface area (Å²) < 4.78 is 29.1. The lowest BCUT2D eigenvalue weighted by molar-refractivity contribution is 0.104. The lowest BCUT2D eigenvalue weighted by atomic mass is 10.1. The molecule has 1 atom stereocenters. The van der Waals surface area contributed by atoms with Gasteiger partial charge in [-0.3, -0.25) is 0 Å². The molecule has 108 valence electrons. The maximum atomic E-state index is 11.7. The smallest absolute Gasteiger partial charge is 0.177 e. The fourth-order valence-electron chi connectivity index (χ4n) is 2.64. The van der Waals surface area contributed by atoms with Crippen molar-refractivity contribution in [3.63, 3.8) is 0 Å². The molecule has 1 saturated heterocycles. The molecule has 0 saturated carbocycles. The summed E-state index contributed by atoms with van der Waals surface area (Å²) in [5, 5.41) is 0. The van der Waals surface area contributed by atoms with Crippen LogP contribution in [-0.2, 0) is 21.0 Å². The standard InChI is InChI=1S/C14H18N2O3S/c1-20(17,18)12-6-2-5-11-14(12)16-13(15-11)8-7-10-4-3-9-19-10/h2,5-6,10H,3-4,7-9H2,1H3,(H,15,16). The van der Waals surface area contributed by atoms with Gasteiger partial charge in [0, 0.05) is 19.3 Å². The summed E-state index contributed by atoms with van der Waals surface area (Å²) in [6.45, 7) is 0.850. The Kier molecular flexibility index (Phi) is 3.52. The number of aromatic amines is 1. The van der Waals surface area contributed by atoms with Crippen LogP contribution in [0.5, 0.6) is 0 Å². The molecule has 0 spiro atoms. The number of ether oxygens (including phenoxy) is 1. The lowest BCUT2D eigenvalue weighted by Gasteiger charge is -2.06. The predicted octanol–water partition coefficient (Wildman–Crippen LogP) is 2.08. The molecule has 2 heterocycles. The van der Waals surface area contributed by atoms with Gasteiger partial charge < -0.3 is 9.72 Å². The van der Waals surface area contributed by atoms with Crippen LogP contribution in [0.25, 0.3) is 11.0 Å². The predicted molar refractivity (Wildman–Crippen MR) is 76.5 cm³/mol. The number of aromatic nitrogens is 2. The third-order valence-corrected chi connectivity index (χ3v) is 4.78. The van der Waals surface area contributed by atoms with Gasteiger partial charge in [0.25, 0.3) is 0 Å². The summed E-state index contributed by atoms with van der Waals surface area (Å²) in [6, 6.07) is 5.19. The largest absolute Gasteiger partial charge is 0.378 e. The van der Waals surface area contributed by atoms with Crippen molar-refractivity contribution in [2.75, 3.05) is 12.9 Å². The molecule has 20 heavy (non-hydrogen) atoms. The summed E-state index contributed by atoms with van der Waals surface area (Å²) in [4.78, 5) is 7.94. The second-order valence-electron chi connectivity index (χ2n) is 5.28. The van der Waals surface area contributed by atoms with E-state index in [1.54, 1.807) is 12.1 Å². The zero-order valence-electron chi connectivity index (χ0n) is 11.4. The molecule has 0 radical (unpaired) electrons. The zero-order valence-corrected chi connectivity index (χ0v) is 12.2. The first-order valence-electron chi connectivity index (χ1n) is 6.83. The highest BCUT2D eigenvalue weighted by molar-refractivity contribution is 7.91. The SMILES string of the molecule is CS(=O)(=O)c1cccc2[nH]c(CCC3CCCO3)nc12. The number of fused-ring (bicyclic) bond motifs is 1. The van der Waals surface area contributed by atoms with Crippen molar-refractivity contribution < 1.29 is 13.2 Å². The van der Waals surface area contributed by atoms with Crippen molar-refractivity contribution in [2.24, 2.45) is 0 Å². The van der Waals surface area contributed by atoms with Gasteiger partial charge >= 0.3 is 0 Å². The Morgan fingerprint density at radius 1 is 1.45 bits per heavy atom. The molecule has 2 aromatic rings.